The third kappa shape index (κ3) is 2.07. The molecule has 1 aliphatic heterocycles. The van der Waals surface area contributed by atoms with Gasteiger partial charge in [-0.1, -0.05) is 15.9 Å². The molecule has 0 bridgehead atoms. The van der Waals surface area contributed by atoms with Gasteiger partial charge < -0.3 is 5.32 Å². The standard InChI is InChI=1S/C16H16BrN3/c1-9-6-11(17)4-5-12(9)16-19-14-8-18-7-13(14)15(20-16)10-2-3-10/h4-6,10,18H,2-3,7-8H2,1H3. The van der Waals surface area contributed by atoms with Gasteiger partial charge in [0, 0.05) is 34.6 Å². The smallest absolute Gasteiger partial charge is 0.159 e. The van der Waals surface area contributed by atoms with Crippen LogP contribution in [0, 0.1) is 6.92 Å². The van der Waals surface area contributed by atoms with Crippen LogP contribution in [-0.4, -0.2) is 9.97 Å². The van der Waals surface area contributed by atoms with Crippen molar-refractivity contribution in [3.63, 3.8) is 0 Å². The first kappa shape index (κ1) is 12.5. The van der Waals surface area contributed by atoms with E-state index in [0.717, 1.165) is 29.0 Å². The van der Waals surface area contributed by atoms with Gasteiger partial charge in [-0.25, -0.2) is 9.97 Å². The Morgan fingerprint density at radius 2 is 2.05 bits per heavy atom. The zero-order valence-corrected chi connectivity index (χ0v) is 13.0. The molecule has 0 spiro atoms. The maximum absolute atomic E-state index is 4.90. The van der Waals surface area contributed by atoms with E-state index in [1.165, 1.54) is 35.4 Å². The molecule has 3 nitrogen and oxygen atoms in total. The molecule has 1 aliphatic carbocycles. The first-order valence-electron chi connectivity index (χ1n) is 7.09. The molecular formula is C16H16BrN3. The number of hydrogen-bond donors (Lipinski definition) is 1. The van der Waals surface area contributed by atoms with Gasteiger partial charge >= 0.3 is 0 Å². The predicted molar refractivity (Wildman–Crippen MR) is 82.4 cm³/mol. The van der Waals surface area contributed by atoms with E-state index in [0.29, 0.717) is 5.92 Å². The fourth-order valence-corrected chi connectivity index (χ4v) is 3.36. The number of hydrogen-bond acceptors (Lipinski definition) is 3. The monoisotopic (exact) mass is 329 g/mol. The van der Waals surface area contributed by atoms with Gasteiger partial charge in [0.15, 0.2) is 5.82 Å². The highest BCUT2D eigenvalue weighted by Crippen LogP contribution is 2.42. The van der Waals surface area contributed by atoms with Crippen molar-refractivity contribution < 1.29 is 0 Å². The second-order valence-corrected chi connectivity index (χ2v) is 6.61. The first-order chi connectivity index (χ1) is 9.72. The average molecular weight is 330 g/mol. The third-order valence-electron chi connectivity index (χ3n) is 4.11. The summed E-state index contributed by atoms with van der Waals surface area (Å²) in [5.74, 6) is 1.56. The van der Waals surface area contributed by atoms with E-state index in [9.17, 15) is 0 Å². The zero-order chi connectivity index (χ0) is 13.7. The lowest BCUT2D eigenvalue weighted by Crippen LogP contribution is -2.03. The Bertz CT molecular complexity index is 692. The van der Waals surface area contributed by atoms with E-state index < -0.39 is 0 Å². The summed E-state index contributed by atoms with van der Waals surface area (Å²) >= 11 is 3.52. The van der Waals surface area contributed by atoms with Gasteiger partial charge in [-0.3, -0.25) is 0 Å². The summed E-state index contributed by atoms with van der Waals surface area (Å²) in [6.07, 6.45) is 2.56. The second kappa shape index (κ2) is 4.64. The lowest BCUT2D eigenvalue weighted by molar-refractivity contribution is 0.755. The summed E-state index contributed by atoms with van der Waals surface area (Å²) < 4.78 is 1.10. The van der Waals surface area contributed by atoms with E-state index in [1.54, 1.807) is 0 Å². The Kier molecular flexibility index (Phi) is 2.89. The van der Waals surface area contributed by atoms with Gasteiger partial charge in [0.2, 0.25) is 0 Å². The van der Waals surface area contributed by atoms with Crippen LogP contribution in [0.4, 0.5) is 0 Å². The molecule has 1 saturated carbocycles. The highest BCUT2D eigenvalue weighted by Gasteiger charge is 2.31. The molecule has 4 rings (SSSR count). The summed E-state index contributed by atoms with van der Waals surface area (Å²) in [5.41, 5.74) is 6.19. The zero-order valence-electron chi connectivity index (χ0n) is 11.4. The Morgan fingerprint density at radius 1 is 1.20 bits per heavy atom. The van der Waals surface area contributed by atoms with E-state index in [1.807, 2.05) is 0 Å². The molecule has 0 amide bonds. The van der Waals surface area contributed by atoms with Crippen molar-refractivity contribution in [2.45, 2.75) is 38.8 Å². The molecule has 1 N–H and O–H groups in total. The topological polar surface area (TPSA) is 37.8 Å². The number of fused-ring (bicyclic) bond motifs is 1. The van der Waals surface area contributed by atoms with Crippen LogP contribution in [0.1, 0.15) is 41.3 Å². The third-order valence-corrected chi connectivity index (χ3v) is 4.61. The van der Waals surface area contributed by atoms with Crippen molar-refractivity contribution in [1.82, 2.24) is 15.3 Å². The van der Waals surface area contributed by atoms with Crippen molar-refractivity contribution in [2.24, 2.45) is 0 Å². The fraction of sp³-hybridized carbons (Fsp3) is 0.375. The van der Waals surface area contributed by atoms with Crippen LogP contribution in [0.5, 0.6) is 0 Å². The normalized spacial score (nSPS) is 17.3. The number of benzene rings is 1. The van der Waals surface area contributed by atoms with Gasteiger partial charge in [-0.15, -0.1) is 0 Å². The predicted octanol–water partition coefficient (Wildman–Crippen LogP) is 3.70. The van der Waals surface area contributed by atoms with Crippen LogP contribution in [0.2, 0.25) is 0 Å². The van der Waals surface area contributed by atoms with Crippen molar-refractivity contribution in [1.29, 1.82) is 0 Å². The molecule has 0 unspecified atom stereocenters. The highest BCUT2D eigenvalue weighted by molar-refractivity contribution is 9.10. The molecular weight excluding hydrogens is 314 g/mol. The minimum Gasteiger partial charge on any atom is -0.307 e. The van der Waals surface area contributed by atoms with Crippen molar-refractivity contribution in [3.8, 4) is 11.4 Å². The van der Waals surface area contributed by atoms with Crippen LogP contribution in [0.25, 0.3) is 11.4 Å². The minimum atomic E-state index is 0.668. The summed E-state index contributed by atoms with van der Waals surface area (Å²) in [6, 6.07) is 6.30. The van der Waals surface area contributed by atoms with Crippen LogP contribution >= 0.6 is 15.9 Å². The lowest BCUT2D eigenvalue weighted by atomic mass is 10.1. The van der Waals surface area contributed by atoms with Gasteiger partial charge in [-0.05, 0) is 43.5 Å². The van der Waals surface area contributed by atoms with Gasteiger partial charge in [0.25, 0.3) is 0 Å². The number of nitrogens with zero attached hydrogens (tertiary/aromatic N) is 2. The molecule has 0 radical (unpaired) electrons. The molecule has 1 aromatic carbocycles. The summed E-state index contributed by atoms with van der Waals surface area (Å²) in [5, 5.41) is 3.40. The SMILES string of the molecule is Cc1cc(Br)ccc1-c1nc2c(c(C3CC3)n1)CNC2. The Morgan fingerprint density at radius 3 is 2.80 bits per heavy atom. The van der Waals surface area contributed by atoms with Crippen LogP contribution in [-0.2, 0) is 13.1 Å². The van der Waals surface area contributed by atoms with E-state index >= 15 is 0 Å². The van der Waals surface area contributed by atoms with E-state index in [-0.39, 0.29) is 0 Å². The Hall–Kier alpha value is -1.26. The van der Waals surface area contributed by atoms with Crippen LogP contribution in [0.3, 0.4) is 0 Å². The number of nitrogens with one attached hydrogen (secondary N) is 1. The van der Waals surface area contributed by atoms with Crippen molar-refractivity contribution in [3.05, 3.63) is 45.2 Å². The van der Waals surface area contributed by atoms with E-state index in [4.69, 9.17) is 9.97 Å². The molecule has 2 heterocycles. The molecule has 2 aromatic rings. The van der Waals surface area contributed by atoms with E-state index in [2.05, 4.69) is 46.4 Å². The minimum absolute atomic E-state index is 0.668. The maximum Gasteiger partial charge on any atom is 0.159 e. The number of aromatic nitrogens is 2. The second-order valence-electron chi connectivity index (χ2n) is 5.69. The largest absolute Gasteiger partial charge is 0.307 e. The maximum atomic E-state index is 4.90. The molecule has 2 aliphatic rings. The number of rotatable bonds is 2. The fourth-order valence-electron chi connectivity index (χ4n) is 2.89. The molecule has 1 aromatic heterocycles. The summed E-state index contributed by atoms with van der Waals surface area (Å²) in [4.78, 5) is 9.70. The first-order valence-corrected chi connectivity index (χ1v) is 7.88. The Balaban J connectivity index is 1.88. The molecule has 1 fully saturated rings. The van der Waals surface area contributed by atoms with Crippen LogP contribution in [0.15, 0.2) is 22.7 Å². The Labute approximate surface area is 127 Å². The summed E-state index contributed by atoms with van der Waals surface area (Å²) in [6.45, 7) is 3.92. The molecule has 0 atom stereocenters. The molecule has 20 heavy (non-hydrogen) atoms. The molecule has 0 saturated heterocycles. The van der Waals surface area contributed by atoms with Crippen molar-refractivity contribution >= 4 is 15.9 Å². The van der Waals surface area contributed by atoms with Gasteiger partial charge in [0.1, 0.15) is 0 Å². The highest BCUT2D eigenvalue weighted by atomic mass is 79.9. The molecule has 102 valence electrons. The van der Waals surface area contributed by atoms with Gasteiger partial charge in [0.05, 0.1) is 11.4 Å². The lowest BCUT2D eigenvalue weighted by Gasteiger charge is -2.11. The quantitative estimate of drug-likeness (QED) is 0.912. The number of aryl methyl sites for hydroxylation is 1. The molecule has 4 heteroatoms. The van der Waals surface area contributed by atoms with Gasteiger partial charge in [-0.2, -0.15) is 0 Å². The number of halogens is 1. The average Bonchev–Trinajstić information content (AvgIpc) is 3.15. The van der Waals surface area contributed by atoms with Crippen molar-refractivity contribution in [2.75, 3.05) is 0 Å². The van der Waals surface area contributed by atoms with Crippen LogP contribution < -0.4 is 5.32 Å². The summed E-state index contributed by atoms with van der Waals surface area (Å²) in [7, 11) is 0.